The number of fused-ring (bicyclic) bond motifs is 3. The van der Waals surface area contributed by atoms with E-state index in [4.69, 9.17) is 16.3 Å². The highest BCUT2D eigenvalue weighted by molar-refractivity contribution is 6.31. The molecule has 0 saturated carbocycles. The van der Waals surface area contributed by atoms with E-state index >= 15 is 0 Å². The minimum absolute atomic E-state index is 0.0454. The van der Waals surface area contributed by atoms with Crippen LogP contribution in [0.15, 0.2) is 66.7 Å². The Bertz CT molecular complexity index is 1260. The first kappa shape index (κ1) is 24.3. The first-order valence-corrected chi connectivity index (χ1v) is 11.6. The number of hydrogen-bond acceptors (Lipinski definition) is 4. The second kappa shape index (κ2) is 9.80. The lowest BCUT2D eigenvalue weighted by Gasteiger charge is -2.28. The van der Waals surface area contributed by atoms with E-state index in [1.165, 1.54) is 18.2 Å². The normalized spacial score (nSPS) is 13.8. The van der Waals surface area contributed by atoms with Crippen molar-refractivity contribution in [1.29, 1.82) is 0 Å². The average Bonchev–Trinajstić information content (AvgIpc) is 3.16. The largest absolute Gasteiger partial charge is 0.478 e. The predicted octanol–water partition coefficient (Wildman–Crippen LogP) is 5.68. The first-order valence-electron chi connectivity index (χ1n) is 11.2. The molecule has 4 rings (SSSR count). The van der Waals surface area contributed by atoms with Gasteiger partial charge in [-0.1, -0.05) is 67.1 Å². The quantitative estimate of drug-likeness (QED) is 0.393. The zero-order valence-electron chi connectivity index (χ0n) is 19.3. The van der Waals surface area contributed by atoms with Gasteiger partial charge >= 0.3 is 12.1 Å². The van der Waals surface area contributed by atoms with Crippen molar-refractivity contribution in [3.05, 3.63) is 88.4 Å². The summed E-state index contributed by atoms with van der Waals surface area (Å²) in [6.07, 6.45) is -0.498. The molecule has 0 heterocycles. The molecule has 180 valence electrons. The zero-order valence-corrected chi connectivity index (χ0v) is 20.1. The average molecular weight is 493 g/mol. The Labute approximate surface area is 208 Å². The van der Waals surface area contributed by atoms with E-state index in [1.54, 1.807) is 13.8 Å². The molecule has 0 spiro atoms. The van der Waals surface area contributed by atoms with Crippen LogP contribution in [0.25, 0.3) is 11.1 Å². The van der Waals surface area contributed by atoms with Gasteiger partial charge in [-0.2, -0.15) is 0 Å². The number of amides is 2. The van der Waals surface area contributed by atoms with E-state index in [2.05, 4.69) is 10.6 Å². The number of aromatic carboxylic acids is 1. The first-order chi connectivity index (χ1) is 16.7. The van der Waals surface area contributed by atoms with Crippen molar-refractivity contribution in [2.24, 2.45) is 0 Å². The number of ether oxygens (including phenoxy) is 1. The van der Waals surface area contributed by atoms with E-state index in [0.29, 0.717) is 0 Å². The van der Waals surface area contributed by atoms with Gasteiger partial charge in [-0.3, -0.25) is 4.79 Å². The minimum atomic E-state index is -1.35. The van der Waals surface area contributed by atoms with Gasteiger partial charge in [0.15, 0.2) is 0 Å². The van der Waals surface area contributed by atoms with Crippen molar-refractivity contribution in [2.45, 2.75) is 31.7 Å². The molecule has 7 nitrogen and oxygen atoms in total. The predicted molar refractivity (Wildman–Crippen MR) is 134 cm³/mol. The van der Waals surface area contributed by atoms with Gasteiger partial charge in [-0.05, 0) is 53.8 Å². The third-order valence-electron chi connectivity index (χ3n) is 6.39. The van der Waals surface area contributed by atoms with E-state index in [-0.39, 0.29) is 35.2 Å². The molecule has 0 aliphatic heterocycles. The van der Waals surface area contributed by atoms with Crippen LogP contribution < -0.4 is 10.6 Å². The second-order valence-corrected chi connectivity index (χ2v) is 9.02. The van der Waals surface area contributed by atoms with Crippen LogP contribution in [0, 0.1) is 0 Å². The maximum absolute atomic E-state index is 13.1. The van der Waals surface area contributed by atoms with E-state index in [0.717, 1.165) is 22.3 Å². The molecule has 35 heavy (non-hydrogen) atoms. The van der Waals surface area contributed by atoms with Gasteiger partial charge in [0.2, 0.25) is 5.91 Å². The number of carboxylic acids is 1. The molecule has 1 atom stereocenters. The maximum atomic E-state index is 13.1. The summed E-state index contributed by atoms with van der Waals surface area (Å²) >= 11 is 5.98. The van der Waals surface area contributed by atoms with Crippen molar-refractivity contribution in [3.63, 3.8) is 0 Å². The highest BCUT2D eigenvalue weighted by Crippen LogP contribution is 2.44. The fourth-order valence-electron chi connectivity index (χ4n) is 4.23. The number of alkyl carbamates (subject to hydrolysis) is 1. The summed E-state index contributed by atoms with van der Waals surface area (Å²) in [5.41, 5.74) is 2.99. The molecular weight excluding hydrogens is 468 g/mol. The second-order valence-electron chi connectivity index (χ2n) is 8.59. The number of carbonyl (C=O) groups excluding carboxylic acids is 2. The van der Waals surface area contributed by atoms with Crippen LogP contribution in [0.2, 0.25) is 5.02 Å². The summed E-state index contributed by atoms with van der Waals surface area (Å²) in [4.78, 5) is 37.3. The summed E-state index contributed by atoms with van der Waals surface area (Å²) in [5.74, 6) is -1.91. The standard InChI is InChI=1S/C27H25ClN2O5/c1-3-27(2,25(33)29-23-14-16(28)12-13-21(23)24(31)32)30-26(34)35-15-22-19-10-6-4-8-17(19)18-9-5-7-11-20(18)22/h4-14,22H,3,15H2,1-2H3,(H,29,33)(H,30,34)(H,31,32). The van der Waals surface area contributed by atoms with Crippen LogP contribution in [0.5, 0.6) is 0 Å². The number of carbonyl (C=O) groups is 3. The summed E-state index contributed by atoms with van der Waals surface area (Å²) < 4.78 is 5.57. The van der Waals surface area contributed by atoms with Crippen LogP contribution >= 0.6 is 11.6 Å². The molecule has 0 fully saturated rings. The van der Waals surface area contributed by atoms with Crippen LogP contribution in [-0.2, 0) is 9.53 Å². The van der Waals surface area contributed by atoms with Crippen LogP contribution in [-0.4, -0.2) is 35.2 Å². The molecular formula is C27H25ClN2O5. The molecule has 1 unspecified atom stereocenters. The van der Waals surface area contributed by atoms with Gasteiger partial charge in [0.25, 0.3) is 0 Å². The summed E-state index contributed by atoms with van der Waals surface area (Å²) in [5, 5.41) is 14.9. The maximum Gasteiger partial charge on any atom is 0.408 e. The lowest BCUT2D eigenvalue weighted by Crippen LogP contribution is -2.54. The van der Waals surface area contributed by atoms with Gasteiger partial charge in [0.05, 0.1) is 11.3 Å². The van der Waals surface area contributed by atoms with E-state index in [9.17, 15) is 19.5 Å². The Kier molecular flexibility index (Phi) is 6.80. The fourth-order valence-corrected chi connectivity index (χ4v) is 4.40. The number of halogens is 1. The zero-order chi connectivity index (χ0) is 25.2. The van der Waals surface area contributed by atoms with Crippen molar-refractivity contribution >= 4 is 35.3 Å². The monoisotopic (exact) mass is 492 g/mol. The summed E-state index contributed by atoms with van der Waals surface area (Å²) in [7, 11) is 0. The van der Waals surface area contributed by atoms with E-state index < -0.39 is 23.5 Å². The number of anilines is 1. The van der Waals surface area contributed by atoms with Gasteiger partial charge < -0.3 is 20.5 Å². The van der Waals surface area contributed by atoms with Crippen LogP contribution in [0.3, 0.4) is 0 Å². The number of carboxylic acid groups (broad SMARTS) is 1. The molecule has 3 aromatic rings. The van der Waals surface area contributed by atoms with Crippen LogP contribution in [0.1, 0.15) is 47.7 Å². The van der Waals surface area contributed by atoms with Crippen LogP contribution in [0.4, 0.5) is 10.5 Å². The molecule has 1 aliphatic carbocycles. The third-order valence-corrected chi connectivity index (χ3v) is 6.63. The lowest BCUT2D eigenvalue weighted by atomic mass is 9.97. The van der Waals surface area contributed by atoms with Crippen molar-refractivity contribution in [1.82, 2.24) is 5.32 Å². The Hall–Kier alpha value is -3.84. The molecule has 1 aliphatic rings. The SMILES string of the molecule is CCC(C)(NC(=O)OCC1c2ccccc2-c2ccccc21)C(=O)Nc1cc(Cl)ccc1C(=O)O. The molecule has 2 amide bonds. The highest BCUT2D eigenvalue weighted by atomic mass is 35.5. The Morgan fingerprint density at radius 2 is 1.60 bits per heavy atom. The third kappa shape index (κ3) is 4.86. The number of benzene rings is 3. The molecule has 0 radical (unpaired) electrons. The smallest absolute Gasteiger partial charge is 0.408 e. The molecule has 0 saturated heterocycles. The number of nitrogens with one attached hydrogen (secondary N) is 2. The van der Waals surface area contributed by atoms with Gasteiger partial charge in [0, 0.05) is 10.9 Å². The minimum Gasteiger partial charge on any atom is -0.478 e. The van der Waals surface area contributed by atoms with Gasteiger partial charge in [-0.15, -0.1) is 0 Å². The Morgan fingerprint density at radius 3 is 2.17 bits per heavy atom. The summed E-state index contributed by atoms with van der Waals surface area (Å²) in [6.45, 7) is 3.40. The molecule has 3 aromatic carbocycles. The number of rotatable bonds is 7. The van der Waals surface area contributed by atoms with Crippen molar-refractivity contribution in [2.75, 3.05) is 11.9 Å². The molecule has 0 aromatic heterocycles. The molecule has 3 N–H and O–H groups in total. The highest BCUT2D eigenvalue weighted by Gasteiger charge is 2.35. The molecule has 8 heteroatoms. The topological polar surface area (TPSA) is 105 Å². The van der Waals surface area contributed by atoms with Gasteiger partial charge in [-0.25, -0.2) is 9.59 Å². The lowest BCUT2D eigenvalue weighted by molar-refractivity contribution is -0.121. The Balaban J connectivity index is 1.46. The van der Waals surface area contributed by atoms with E-state index in [1.807, 2.05) is 48.5 Å². The number of hydrogen-bond donors (Lipinski definition) is 3. The van der Waals surface area contributed by atoms with Crippen molar-refractivity contribution in [3.8, 4) is 11.1 Å². The summed E-state index contributed by atoms with van der Waals surface area (Å²) in [6, 6.07) is 20.1. The Morgan fingerprint density at radius 1 is 1.00 bits per heavy atom. The van der Waals surface area contributed by atoms with Gasteiger partial charge in [0.1, 0.15) is 12.1 Å². The fraction of sp³-hybridized carbons (Fsp3) is 0.222. The van der Waals surface area contributed by atoms with Crippen molar-refractivity contribution < 1.29 is 24.2 Å². The molecule has 0 bridgehead atoms.